The number of nitrogens with zero attached hydrogens (tertiary/aromatic N) is 2. The SMILES string of the molecule is CC(C)N(C(=O)NN1CCCC1)S(=O)(=O)c1ccc(Cl)cc1. The maximum Gasteiger partial charge on any atom is 0.346 e. The van der Waals surface area contributed by atoms with Gasteiger partial charge in [-0.3, -0.25) is 5.43 Å². The summed E-state index contributed by atoms with van der Waals surface area (Å²) < 4.78 is 26.3. The lowest BCUT2D eigenvalue weighted by atomic mass is 10.4. The van der Waals surface area contributed by atoms with Gasteiger partial charge in [0.1, 0.15) is 0 Å². The molecule has 2 rings (SSSR count). The van der Waals surface area contributed by atoms with Gasteiger partial charge in [0.05, 0.1) is 4.90 Å². The smallest absolute Gasteiger partial charge is 0.270 e. The molecule has 8 heteroatoms. The van der Waals surface area contributed by atoms with E-state index in [1.165, 1.54) is 24.3 Å². The molecular weight excluding hydrogens is 326 g/mol. The second-order valence-corrected chi connectivity index (χ2v) is 7.71. The van der Waals surface area contributed by atoms with Crippen molar-refractivity contribution in [2.45, 2.75) is 37.6 Å². The first-order valence-electron chi connectivity index (χ1n) is 7.18. The van der Waals surface area contributed by atoms with Gasteiger partial charge in [-0.2, -0.15) is 0 Å². The van der Waals surface area contributed by atoms with E-state index in [4.69, 9.17) is 11.6 Å². The van der Waals surface area contributed by atoms with Crippen LogP contribution in [0.2, 0.25) is 5.02 Å². The molecule has 0 atom stereocenters. The normalized spacial score (nSPS) is 16.0. The number of rotatable bonds is 4. The summed E-state index contributed by atoms with van der Waals surface area (Å²) in [5, 5.41) is 2.19. The summed E-state index contributed by atoms with van der Waals surface area (Å²) in [5.41, 5.74) is 2.66. The number of urea groups is 1. The molecule has 1 aromatic carbocycles. The fraction of sp³-hybridized carbons (Fsp3) is 0.500. The van der Waals surface area contributed by atoms with E-state index in [2.05, 4.69) is 5.43 Å². The number of carbonyl (C=O) groups is 1. The van der Waals surface area contributed by atoms with Gasteiger partial charge in [0.2, 0.25) is 0 Å². The van der Waals surface area contributed by atoms with Crippen molar-refractivity contribution in [3.8, 4) is 0 Å². The Balaban J connectivity index is 2.25. The first-order valence-corrected chi connectivity index (χ1v) is 9.00. The van der Waals surface area contributed by atoms with E-state index in [1.54, 1.807) is 18.9 Å². The molecule has 1 aliphatic heterocycles. The Hall–Kier alpha value is -1.31. The number of hydrazine groups is 1. The van der Waals surface area contributed by atoms with Gasteiger partial charge >= 0.3 is 6.03 Å². The molecule has 2 amide bonds. The van der Waals surface area contributed by atoms with Crippen molar-refractivity contribution in [3.05, 3.63) is 29.3 Å². The van der Waals surface area contributed by atoms with Crippen LogP contribution in [-0.4, -0.2) is 42.9 Å². The largest absolute Gasteiger partial charge is 0.346 e. The first kappa shape index (κ1) is 17.1. The van der Waals surface area contributed by atoms with Crippen molar-refractivity contribution in [3.63, 3.8) is 0 Å². The predicted molar refractivity (Wildman–Crippen MR) is 85.0 cm³/mol. The highest BCUT2D eigenvalue weighted by Gasteiger charge is 2.33. The van der Waals surface area contributed by atoms with Crippen molar-refractivity contribution in [2.75, 3.05) is 13.1 Å². The van der Waals surface area contributed by atoms with Crippen LogP contribution in [0, 0.1) is 0 Å². The molecule has 22 heavy (non-hydrogen) atoms. The van der Waals surface area contributed by atoms with Crippen LogP contribution in [0.15, 0.2) is 29.2 Å². The van der Waals surface area contributed by atoms with Crippen LogP contribution in [0.25, 0.3) is 0 Å². The van der Waals surface area contributed by atoms with E-state index in [1.807, 2.05) is 0 Å². The van der Waals surface area contributed by atoms with Gasteiger partial charge in [0.25, 0.3) is 10.0 Å². The van der Waals surface area contributed by atoms with E-state index < -0.39 is 22.1 Å². The van der Waals surface area contributed by atoms with E-state index in [-0.39, 0.29) is 4.90 Å². The Morgan fingerprint density at radius 3 is 2.27 bits per heavy atom. The average molecular weight is 346 g/mol. The van der Waals surface area contributed by atoms with Crippen LogP contribution >= 0.6 is 11.6 Å². The average Bonchev–Trinajstić information content (AvgIpc) is 2.91. The highest BCUT2D eigenvalue weighted by molar-refractivity contribution is 7.89. The monoisotopic (exact) mass is 345 g/mol. The van der Waals surface area contributed by atoms with E-state index in [0.29, 0.717) is 5.02 Å². The lowest BCUT2D eigenvalue weighted by molar-refractivity contribution is 0.175. The summed E-state index contributed by atoms with van der Waals surface area (Å²) in [6, 6.07) is 4.65. The van der Waals surface area contributed by atoms with Crippen LogP contribution in [0.5, 0.6) is 0 Å². The topological polar surface area (TPSA) is 69.7 Å². The van der Waals surface area contributed by atoms with Crippen molar-refractivity contribution >= 4 is 27.7 Å². The maximum atomic E-state index is 12.7. The molecule has 122 valence electrons. The molecule has 6 nitrogen and oxygen atoms in total. The van der Waals surface area contributed by atoms with Crippen molar-refractivity contribution in [1.29, 1.82) is 0 Å². The quantitative estimate of drug-likeness (QED) is 0.910. The maximum absolute atomic E-state index is 12.7. The van der Waals surface area contributed by atoms with Crippen LogP contribution < -0.4 is 5.43 Å². The number of sulfonamides is 1. The molecule has 0 bridgehead atoms. The molecule has 0 aliphatic carbocycles. The fourth-order valence-corrected chi connectivity index (χ4v) is 4.00. The van der Waals surface area contributed by atoms with Crippen LogP contribution in [0.3, 0.4) is 0 Å². The summed E-state index contributed by atoms with van der Waals surface area (Å²) in [4.78, 5) is 12.4. The molecule has 0 radical (unpaired) electrons. The summed E-state index contributed by atoms with van der Waals surface area (Å²) in [5.74, 6) is 0. The zero-order valence-electron chi connectivity index (χ0n) is 12.6. The third-order valence-corrected chi connectivity index (χ3v) is 5.62. The lowest BCUT2D eigenvalue weighted by Crippen LogP contribution is -2.52. The number of amides is 2. The molecule has 1 fully saturated rings. The van der Waals surface area contributed by atoms with Crippen molar-refractivity contribution in [2.24, 2.45) is 0 Å². The zero-order valence-corrected chi connectivity index (χ0v) is 14.2. The van der Waals surface area contributed by atoms with Crippen molar-refractivity contribution in [1.82, 2.24) is 14.7 Å². The number of benzene rings is 1. The Morgan fingerprint density at radius 2 is 1.77 bits per heavy atom. The molecular formula is C14H20ClN3O3S. The number of carbonyl (C=O) groups excluding carboxylic acids is 1. The highest BCUT2D eigenvalue weighted by Crippen LogP contribution is 2.21. The second kappa shape index (κ2) is 6.85. The molecule has 0 aromatic heterocycles. The molecule has 1 heterocycles. The third-order valence-electron chi connectivity index (χ3n) is 3.40. The molecule has 1 aromatic rings. The van der Waals surface area contributed by atoms with Crippen molar-refractivity contribution < 1.29 is 13.2 Å². The van der Waals surface area contributed by atoms with E-state index in [9.17, 15) is 13.2 Å². The molecule has 0 unspecified atom stereocenters. The van der Waals surface area contributed by atoms with Gasteiger partial charge < -0.3 is 0 Å². The van der Waals surface area contributed by atoms with Gasteiger partial charge in [0.15, 0.2) is 0 Å². The number of nitrogens with one attached hydrogen (secondary N) is 1. The number of hydrogen-bond acceptors (Lipinski definition) is 4. The Kier molecular flexibility index (Phi) is 5.31. The van der Waals surface area contributed by atoms with Crippen LogP contribution in [0.1, 0.15) is 26.7 Å². The Bertz CT molecular complexity index is 625. The van der Waals surface area contributed by atoms with Gasteiger partial charge in [-0.1, -0.05) is 11.6 Å². The molecule has 1 aliphatic rings. The standard InChI is InChI=1S/C14H20ClN3O3S/c1-11(2)18(14(19)16-17-9-3-4-10-17)22(20,21)13-7-5-12(15)6-8-13/h5-8,11H,3-4,9-10H2,1-2H3,(H,16,19). The lowest BCUT2D eigenvalue weighted by Gasteiger charge is -2.28. The Morgan fingerprint density at radius 1 is 1.23 bits per heavy atom. The summed E-state index contributed by atoms with van der Waals surface area (Å²) >= 11 is 5.79. The predicted octanol–water partition coefficient (Wildman–Crippen LogP) is 2.46. The molecule has 0 saturated carbocycles. The minimum atomic E-state index is -3.92. The van der Waals surface area contributed by atoms with Gasteiger partial charge in [0, 0.05) is 24.2 Å². The molecule has 1 N–H and O–H groups in total. The highest BCUT2D eigenvalue weighted by atomic mass is 35.5. The van der Waals surface area contributed by atoms with Crippen LogP contribution in [-0.2, 0) is 10.0 Å². The number of halogens is 1. The van der Waals surface area contributed by atoms with Gasteiger partial charge in [-0.05, 0) is 51.0 Å². The van der Waals surface area contributed by atoms with Crippen LogP contribution in [0.4, 0.5) is 4.79 Å². The Labute approximate surface area is 136 Å². The summed E-state index contributed by atoms with van der Waals surface area (Å²) in [6.07, 6.45) is 1.98. The zero-order chi connectivity index (χ0) is 16.3. The fourth-order valence-electron chi connectivity index (χ4n) is 2.35. The molecule has 1 saturated heterocycles. The third kappa shape index (κ3) is 3.71. The van der Waals surface area contributed by atoms with Gasteiger partial charge in [-0.25, -0.2) is 22.5 Å². The minimum absolute atomic E-state index is 0.0437. The van der Waals surface area contributed by atoms with E-state index in [0.717, 1.165) is 30.2 Å². The molecule has 0 spiro atoms. The first-order chi connectivity index (χ1) is 10.3. The summed E-state index contributed by atoms with van der Waals surface area (Å²) in [7, 11) is -3.92. The minimum Gasteiger partial charge on any atom is -0.270 e. The van der Waals surface area contributed by atoms with Gasteiger partial charge in [-0.15, -0.1) is 0 Å². The summed E-state index contributed by atoms with van der Waals surface area (Å²) in [6.45, 7) is 4.80. The number of hydrogen-bond donors (Lipinski definition) is 1. The second-order valence-electron chi connectivity index (χ2n) is 5.46. The van der Waals surface area contributed by atoms with E-state index >= 15 is 0 Å².